The molecular weight excluding hydrogens is 338 g/mol. The molecule has 3 rings (SSSR count). The van der Waals surface area contributed by atoms with Gasteiger partial charge >= 0.3 is 5.97 Å². The molecule has 0 atom stereocenters. The van der Waals surface area contributed by atoms with Crippen LogP contribution in [0.25, 0.3) is 0 Å². The SMILES string of the molecule is Cc1cc(C)cc(C(c2cc(C)cc(C)c2)n2cccc(C(=O)O)c2=O)c1. The van der Waals surface area contributed by atoms with Crippen molar-refractivity contribution in [2.24, 2.45) is 0 Å². The highest BCUT2D eigenvalue weighted by Gasteiger charge is 2.21. The summed E-state index contributed by atoms with van der Waals surface area (Å²) in [5.74, 6) is -1.21. The third-order valence-corrected chi connectivity index (χ3v) is 4.60. The van der Waals surface area contributed by atoms with E-state index in [1.54, 1.807) is 12.3 Å². The fourth-order valence-corrected chi connectivity index (χ4v) is 3.73. The van der Waals surface area contributed by atoms with Crippen LogP contribution in [0, 0.1) is 27.7 Å². The molecule has 0 saturated heterocycles. The Hall–Kier alpha value is -3.14. The number of aromatic nitrogens is 1. The van der Waals surface area contributed by atoms with Gasteiger partial charge in [0.2, 0.25) is 0 Å². The Labute approximate surface area is 158 Å². The highest BCUT2D eigenvalue weighted by atomic mass is 16.4. The number of aryl methyl sites for hydroxylation is 4. The van der Waals surface area contributed by atoms with Crippen molar-refractivity contribution in [3.05, 3.63) is 104 Å². The van der Waals surface area contributed by atoms with Crippen molar-refractivity contribution in [3.8, 4) is 0 Å². The molecule has 0 fully saturated rings. The van der Waals surface area contributed by atoms with E-state index in [1.165, 1.54) is 10.6 Å². The van der Waals surface area contributed by atoms with Crippen LogP contribution in [-0.4, -0.2) is 15.6 Å². The van der Waals surface area contributed by atoms with Crippen LogP contribution >= 0.6 is 0 Å². The summed E-state index contributed by atoms with van der Waals surface area (Å²) in [5, 5.41) is 9.38. The molecule has 0 saturated carbocycles. The topological polar surface area (TPSA) is 59.3 Å². The van der Waals surface area contributed by atoms with E-state index < -0.39 is 17.6 Å². The van der Waals surface area contributed by atoms with Crippen molar-refractivity contribution in [3.63, 3.8) is 0 Å². The fraction of sp³-hybridized carbons (Fsp3) is 0.217. The average Bonchev–Trinajstić information content (AvgIpc) is 2.54. The number of hydrogen-bond donors (Lipinski definition) is 1. The molecule has 3 aromatic rings. The zero-order valence-corrected chi connectivity index (χ0v) is 16.0. The van der Waals surface area contributed by atoms with Gasteiger partial charge in [0.25, 0.3) is 5.56 Å². The number of rotatable bonds is 4. The van der Waals surface area contributed by atoms with Gasteiger partial charge in [-0.25, -0.2) is 4.79 Å². The first-order chi connectivity index (χ1) is 12.8. The second-order valence-corrected chi connectivity index (χ2v) is 7.18. The van der Waals surface area contributed by atoms with Gasteiger partial charge in [0, 0.05) is 6.20 Å². The van der Waals surface area contributed by atoms with Crippen LogP contribution in [0.3, 0.4) is 0 Å². The molecule has 4 heteroatoms. The van der Waals surface area contributed by atoms with Crippen LogP contribution in [0.5, 0.6) is 0 Å². The number of pyridine rings is 1. The van der Waals surface area contributed by atoms with E-state index in [4.69, 9.17) is 0 Å². The zero-order chi connectivity index (χ0) is 19.7. The van der Waals surface area contributed by atoms with E-state index in [0.29, 0.717) is 0 Å². The summed E-state index contributed by atoms with van der Waals surface area (Å²) in [6.45, 7) is 8.08. The maximum Gasteiger partial charge on any atom is 0.341 e. The molecule has 1 aromatic heterocycles. The van der Waals surface area contributed by atoms with Crippen molar-refractivity contribution in [2.45, 2.75) is 33.7 Å². The Morgan fingerprint density at radius 1 is 0.852 bits per heavy atom. The Balaban J connectivity index is 2.33. The predicted octanol–water partition coefficient (Wildman–Crippen LogP) is 4.42. The average molecular weight is 361 g/mol. The molecule has 0 bridgehead atoms. The molecule has 2 aromatic carbocycles. The van der Waals surface area contributed by atoms with E-state index in [1.807, 2.05) is 27.7 Å². The van der Waals surface area contributed by atoms with Crippen molar-refractivity contribution >= 4 is 5.97 Å². The van der Waals surface area contributed by atoms with Crippen molar-refractivity contribution in [2.75, 3.05) is 0 Å². The Kier molecular flexibility index (Phi) is 5.00. The number of carboxylic acids is 1. The lowest BCUT2D eigenvalue weighted by atomic mass is 9.93. The van der Waals surface area contributed by atoms with Crippen molar-refractivity contribution in [1.82, 2.24) is 4.57 Å². The first-order valence-corrected chi connectivity index (χ1v) is 8.87. The highest BCUT2D eigenvalue weighted by molar-refractivity contribution is 5.87. The van der Waals surface area contributed by atoms with Gasteiger partial charge in [0.15, 0.2) is 0 Å². The summed E-state index contributed by atoms with van der Waals surface area (Å²) < 4.78 is 1.52. The fourth-order valence-electron chi connectivity index (χ4n) is 3.73. The van der Waals surface area contributed by atoms with Gasteiger partial charge in [0.1, 0.15) is 5.56 Å². The maximum absolute atomic E-state index is 12.9. The number of benzene rings is 2. The molecule has 4 nitrogen and oxygen atoms in total. The number of aromatic carboxylic acids is 1. The summed E-state index contributed by atoms with van der Waals surface area (Å²) in [7, 11) is 0. The lowest BCUT2D eigenvalue weighted by molar-refractivity contribution is 0.0694. The third kappa shape index (κ3) is 3.85. The number of nitrogens with zero attached hydrogens (tertiary/aromatic N) is 1. The molecule has 0 radical (unpaired) electrons. The maximum atomic E-state index is 12.9. The molecule has 1 heterocycles. The van der Waals surface area contributed by atoms with Crippen LogP contribution < -0.4 is 5.56 Å². The second-order valence-electron chi connectivity index (χ2n) is 7.18. The lowest BCUT2D eigenvalue weighted by Gasteiger charge is -2.23. The summed E-state index contributed by atoms with van der Waals surface area (Å²) in [5.41, 5.74) is 5.58. The molecule has 138 valence electrons. The monoisotopic (exact) mass is 361 g/mol. The van der Waals surface area contributed by atoms with Gasteiger partial charge in [0.05, 0.1) is 6.04 Å². The van der Waals surface area contributed by atoms with Crippen LogP contribution in [0.15, 0.2) is 59.5 Å². The van der Waals surface area contributed by atoms with E-state index in [0.717, 1.165) is 33.4 Å². The lowest BCUT2D eigenvalue weighted by Crippen LogP contribution is -2.30. The summed E-state index contributed by atoms with van der Waals surface area (Å²) >= 11 is 0. The van der Waals surface area contributed by atoms with Gasteiger partial charge in [-0.1, -0.05) is 58.7 Å². The Morgan fingerprint density at radius 2 is 1.30 bits per heavy atom. The molecule has 1 N–H and O–H groups in total. The Bertz CT molecular complexity index is 987. The molecule has 0 spiro atoms. The minimum Gasteiger partial charge on any atom is -0.477 e. The number of carbonyl (C=O) groups is 1. The molecule has 0 unspecified atom stereocenters. The summed E-state index contributed by atoms with van der Waals surface area (Å²) in [4.78, 5) is 24.4. The van der Waals surface area contributed by atoms with E-state index in [9.17, 15) is 14.7 Å². The van der Waals surface area contributed by atoms with Gasteiger partial charge in [-0.2, -0.15) is 0 Å². The largest absolute Gasteiger partial charge is 0.477 e. The van der Waals surface area contributed by atoms with Crippen LogP contribution in [0.1, 0.15) is 49.8 Å². The van der Waals surface area contributed by atoms with Gasteiger partial charge in [-0.3, -0.25) is 4.79 Å². The molecule has 0 amide bonds. The predicted molar refractivity (Wildman–Crippen MR) is 107 cm³/mol. The van der Waals surface area contributed by atoms with Gasteiger partial charge < -0.3 is 9.67 Å². The van der Waals surface area contributed by atoms with Crippen LogP contribution in [0.2, 0.25) is 0 Å². The number of carboxylic acid groups (broad SMARTS) is 1. The summed E-state index contributed by atoms with van der Waals surface area (Å²) in [6.07, 6.45) is 1.66. The van der Waals surface area contributed by atoms with E-state index >= 15 is 0 Å². The second kappa shape index (κ2) is 7.23. The zero-order valence-electron chi connectivity index (χ0n) is 16.0. The molecular formula is C23H23NO3. The first kappa shape index (κ1) is 18.6. The van der Waals surface area contributed by atoms with Crippen LogP contribution in [-0.2, 0) is 0 Å². The van der Waals surface area contributed by atoms with Crippen LogP contribution in [0.4, 0.5) is 0 Å². The smallest absolute Gasteiger partial charge is 0.341 e. The molecule has 0 aliphatic carbocycles. The minimum atomic E-state index is -1.21. The quantitative estimate of drug-likeness (QED) is 0.748. The summed E-state index contributed by atoms with van der Waals surface area (Å²) in [6, 6.07) is 14.9. The van der Waals surface area contributed by atoms with E-state index in [2.05, 4.69) is 36.4 Å². The van der Waals surface area contributed by atoms with Crippen molar-refractivity contribution in [1.29, 1.82) is 0 Å². The van der Waals surface area contributed by atoms with Crippen molar-refractivity contribution < 1.29 is 9.90 Å². The first-order valence-electron chi connectivity index (χ1n) is 8.87. The Morgan fingerprint density at radius 3 is 1.70 bits per heavy atom. The number of hydrogen-bond acceptors (Lipinski definition) is 2. The molecule has 27 heavy (non-hydrogen) atoms. The normalized spacial score (nSPS) is 11.0. The minimum absolute atomic E-state index is 0.226. The highest BCUT2D eigenvalue weighted by Crippen LogP contribution is 2.29. The standard InChI is InChI=1S/C23H23NO3/c1-14-8-15(2)11-18(10-14)21(19-12-16(3)9-17(4)13-19)24-7-5-6-20(22(24)25)23(26)27/h5-13,21H,1-4H3,(H,26,27). The molecule has 0 aliphatic rings. The van der Waals surface area contributed by atoms with E-state index in [-0.39, 0.29) is 5.56 Å². The van der Waals surface area contributed by atoms with Gasteiger partial charge in [-0.15, -0.1) is 0 Å². The molecule has 0 aliphatic heterocycles. The van der Waals surface area contributed by atoms with Gasteiger partial charge in [-0.05, 0) is 51.0 Å². The third-order valence-electron chi connectivity index (χ3n) is 4.60.